The summed E-state index contributed by atoms with van der Waals surface area (Å²) in [7, 11) is 0. The molecule has 0 bridgehead atoms. The number of nitrogens with zero attached hydrogens (tertiary/aromatic N) is 2. The SMILES string of the molecule is C=CC(=O)N1CCc2ccc(Oc3ccc(C#N)cc3)cc2C1. The van der Waals surface area contributed by atoms with Gasteiger partial charge < -0.3 is 9.64 Å². The van der Waals surface area contributed by atoms with E-state index in [4.69, 9.17) is 10.00 Å². The molecule has 1 aliphatic heterocycles. The van der Waals surface area contributed by atoms with E-state index in [1.165, 1.54) is 11.6 Å². The minimum atomic E-state index is -0.0472. The van der Waals surface area contributed by atoms with Crippen LogP contribution in [-0.4, -0.2) is 17.4 Å². The molecule has 114 valence electrons. The molecule has 1 aliphatic rings. The summed E-state index contributed by atoms with van der Waals surface area (Å²) in [5, 5.41) is 8.81. The molecule has 0 N–H and O–H groups in total. The molecule has 0 fully saturated rings. The second-order valence-electron chi connectivity index (χ2n) is 5.38. The molecule has 4 nitrogen and oxygen atoms in total. The monoisotopic (exact) mass is 304 g/mol. The highest BCUT2D eigenvalue weighted by atomic mass is 16.5. The van der Waals surface area contributed by atoms with E-state index in [0.717, 1.165) is 17.7 Å². The van der Waals surface area contributed by atoms with Crippen molar-refractivity contribution in [3.8, 4) is 17.6 Å². The van der Waals surface area contributed by atoms with Gasteiger partial charge in [-0.25, -0.2) is 0 Å². The summed E-state index contributed by atoms with van der Waals surface area (Å²) >= 11 is 0. The number of fused-ring (bicyclic) bond motifs is 1. The van der Waals surface area contributed by atoms with Crippen LogP contribution in [0.3, 0.4) is 0 Å². The summed E-state index contributed by atoms with van der Waals surface area (Å²) in [5.41, 5.74) is 2.93. The van der Waals surface area contributed by atoms with E-state index in [-0.39, 0.29) is 5.91 Å². The summed E-state index contributed by atoms with van der Waals surface area (Å²) < 4.78 is 5.83. The van der Waals surface area contributed by atoms with E-state index in [0.29, 0.717) is 24.4 Å². The Morgan fingerprint density at radius 1 is 1.17 bits per heavy atom. The van der Waals surface area contributed by atoms with Gasteiger partial charge in [-0.2, -0.15) is 5.26 Å². The lowest BCUT2D eigenvalue weighted by Gasteiger charge is -2.28. The van der Waals surface area contributed by atoms with Crippen LogP contribution in [0.4, 0.5) is 0 Å². The first kappa shape index (κ1) is 14.9. The lowest BCUT2D eigenvalue weighted by molar-refractivity contribution is -0.126. The summed E-state index contributed by atoms with van der Waals surface area (Å²) in [6.07, 6.45) is 2.19. The Morgan fingerprint density at radius 3 is 2.61 bits per heavy atom. The zero-order chi connectivity index (χ0) is 16.2. The van der Waals surface area contributed by atoms with Crippen molar-refractivity contribution in [2.75, 3.05) is 6.54 Å². The average Bonchev–Trinajstić information content (AvgIpc) is 2.61. The summed E-state index contributed by atoms with van der Waals surface area (Å²) in [6, 6.07) is 15.0. The van der Waals surface area contributed by atoms with E-state index in [2.05, 4.69) is 12.6 Å². The van der Waals surface area contributed by atoms with Crippen LogP contribution < -0.4 is 4.74 Å². The van der Waals surface area contributed by atoms with Gasteiger partial charge in [-0.15, -0.1) is 0 Å². The third kappa shape index (κ3) is 3.24. The molecule has 1 amide bonds. The van der Waals surface area contributed by atoms with Crippen molar-refractivity contribution in [1.82, 2.24) is 4.90 Å². The smallest absolute Gasteiger partial charge is 0.246 e. The van der Waals surface area contributed by atoms with Crippen LogP contribution in [0.25, 0.3) is 0 Å². The fourth-order valence-electron chi connectivity index (χ4n) is 2.65. The van der Waals surface area contributed by atoms with Crippen molar-refractivity contribution in [3.63, 3.8) is 0 Å². The summed E-state index contributed by atoms with van der Waals surface area (Å²) in [5.74, 6) is 1.36. The first-order chi connectivity index (χ1) is 11.2. The molecule has 0 aromatic heterocycles. The average molecular weight is 304 g/mol. The van der Waals surface area contributed by atoms with Crippen LogP contribution >= 0.6 is 0 Å². The first-order valence-corrected chi connectivity index (χ1v) is 7.41. The third-order valence-electron chi connectivity index (χ3n) is 3.90. The maximum absolute atomic E-state index is 11.8. The number of hydrogen-bond acceptors (Lipinski definition) is 3. The minimum Gasteiger partial charge on any atom is -0.457 e. The van der Waals surface area contributed by atoms with Crippen LogP contribution in [0.1, 0.15) is 16.7 Å². The van der Waals surface area contributed by atoms with Gasteiger partial charge in [0.15, 0.2) is 0 Å². The standard InChI is InChI=1S/C19H16N2O2/c1-2-19(22)21-10-9-15-5-8-18(11-16(15)13-21)23-17-6-3-14(12-20)4-7-17/h2-8,11H,1,9-10,13H2. The van der Waals surface area contributed by atoms with E-state index >= 15 is 0 Å². The van der Waals surface area contributed by atoms with Crippen molar-refractivity contribution >= 4 is 5.91 Å². The van der Waals surface area contributed by atoms with Gasteiger partial charge >= 0.3 is 0 Å². The number of carbonyl (C=O) groups is 1. The van der Waals surface area contributed by atoms with Gasteiger partial charge in [-0.3, -0.25) is 4.79 Å². The van der Waals surface area contributed by atoms with Gasteiger partial charge in [0.1, 0.15) is 11.5 Å². The van der Waals surface area contributed by atoms with Crippen LogP contribution in [0.15, 0.2) is 55.1 Å². The Hall–Kier alpha value is -3.06. The maximum atomic E-state index is 11.8. The largest absolute Gasteiger partial charge is 0.457 e. The van der Waals surface area contributed by atoms with Crippen LogP contribution in [-0.2, 0) is 17.8 Å². The van der Waals surface area contributed by atoms with Gasteiger partial charge in [0.2, 0.25) is 5.91 Å². The molecule has 2 aromatic carbocycles. The Morgan fingerprint density at radius 2 is 1.91 bits per heavy atom. The number of amides is 1. The predicted octanol–water partition coefficient (Wildman–Crippen LogP) is 3.42. The number of nitriles is 1. The van der Waals surface area contributed by atoms with Crippen molar-refractivity contribution in [3.05, 3.63) is 71.8 Å². The maximum Gasteiger partial charge on any atom is 0.246 e. The lowest BCUT2D eigenvalue weighted by atomic mass is 9.99. The Balaban J connectivity index is 1.79. The lowest BCUT2D eigenvalue weighted by Crippen LogP contribution is -2.34. The van der Waals surface area contributed by atoms with Crippen LogP contribution in [0, 0.1) is 11.3 Å². The van der Waals surface area contributed by atoms with E-state index < -0.39 is 0 Å². The Labute approximate surface area is 135 Å². The van der Waals surface area contributed by atoms with Crippen LogP contribution in [0.2, 0.25) is 0 Å². The Kier molecular flexibility index (Phi) is 4.11. The second-order valence-corrected chi connectivity index (χ2v) is 5.38. The Bertz CT molecular complexity index is 788. The normalized spacial score (nSPS) is 12.9. The molecule has 0 aliphatic carbocycles. The first-order valence-electron chi connectivity index (χ1n) is 7.41. The van der Waals surface area contributed by atoms with Gasteiger partial charge in [-0.05, 0) is 60.0 Å². The summed E-state index contributed by atoms with van der Waals surface area (Å²) in [4.78, 5) is 13.5. The molecule has 0 spiro atoms. The van der Waals surface area contributed by atoms with Gasteiger partial charge in [0.05, 0.1) is 11.6 Å². The number of benzene rings is 2. The molecule has 0 saturated carbocycles. The fraction of sp³-hybridized carbons (Fsp3) is 0.158. The van der Waals surface area contributed by atoms with Crippen molar-refractivity contribution in [2.45, 2.75) is 13.0 Å². The number of rotatable bonds is 3. The van der Waals surface area contributed by atoms with Crippen molar-refractivity contribution < 1.29 is 9.53 Å². The second kappa shape index (κ2) is 6.37. The highest BCUT2D eigenvalue weighted by molar-refractivity contribution is 5.87. The molecule has 0 radical (unpaired) electrons. The molecule has 0 unspecified atom stereocenters. The highest BCUT2D eigenvalue weighted by Gasteiger charge is 2.19. The molecule has 1 heterocycles. The fourth-order valence-corrected chi connectivity index (χ4v) is 2.65. The van der Waals surface area contributed by atoms with Crippen molar-refractivity contribution in [2.24, 2.45) is 0 Å². The quantitative estimate of drug-likeness (QED) is 0.816. The molecular weight excluding hydrogens is 288 g/mol. The van der Waals surface area contributed by atoms with Gasteiger partial charge in [-0.1, -0.05) is 12.6 Å². The molecule has 23 heavy (non-hydrogen) atoms. The topological polar surface area (TPSA) is 53.3 Å². The number of ether oxygens (including phenoxy) is 1. The zero-order valence-electron chi connectivity index (χ0n) is 12.7. The highest BCUT2D eigenvalue weighted by Crippen LogP contribution is 2.27. The predicted molar refractivity (Wildman–Crippen MR) is 87.0 cm³/mol. The zero-order valence-corrected chi connectivity index (χ0v) is 12.7. The molecule has 4 heteroatoms. The molecular formula is C19H16N2O2. The molecule has 3 rings (SSSR count). The summed E-state index contributed by atoms with van der Waals surface area (Å²) in [6.45, 7) is 4.83. The molecule has 0 saturated heterocycles. The van der Waals surface area contributed by atoms with E-state index in [1.807, 2.05) is 18.2 Å². The van der Waals surface area contributed by atoms with Crippen molar-refractivity contribution in [1.29, 1.82) is 5.26 Å². The van der Waals surface area contributed by atoms with E-state index in [1.54, 1.807) is 29.2 Å². The molecule has 0 atom stereocenters. The minimum absolute atomic E-state index is 0.0472. The molecule has 2 aromatic rings. The van der Waals surface area contributed by atoms with E-state index in [9.17, 15) is 4.79 Å². The van der Waals surface area contributed by atoms with Gasteiger partial charge in [0, 0.05) is 13.1 Å². The number of carbonyl (C=O) groups excluding carboxylic acids is 1. The third-order valence-corrected chi connectivity index (χ3v) is 3.90. The number of hydrogen-bond donors (Lipinski definition) is 0. The van der Waals surface area contributed by atoms with Crippen LogP contribution in [0.5, 0.6) is 11.5 Å². The van der Waals surface area contributed by atoms with Gasteiger partial charge in [0.25, 0.3) is 0 Å².